The van der Waals surface area contributed by atoms with Gasteiger partial charge in [-0.25, -0.2) is 4.79 Å². The minimum Gasteiger partial charge on any atom is -0.464 e. The van der Waals surface area contributed by atoms with Crippen LogP contribution in [0.5, 0.6) is 0 Å². The molecule has 0 bridgehead atoms. The molecule has 8 heteroatoms. The molecule has 4 rings (SSSR count). The Hall–Kier alpha value is -3.91. The van der Waals surface area contributed by atoms with E-state index in [9.17, 15) is 4.79 Å². The van der Waals surface area contributed by atoms with Crippen molar-refractivity contribution in [2.75, 3.05) is 12.5 Å². The molecule has 7 nitrogen and oxygen atoms in total. The summed E-state index contributed by atoms with van der Waals surface area (Å²) in [5.41, 5.74) is 6.53. The molecule has 160 valence electrons. The van der Waals surface area contributed by atoms with Crippen molar-refractivity contribution >= 4 is 28.5 Å². The third kappa shape index (κ3) is 4.70. The molecule has 1 aromatic heterocycles. The summed E-state index contributed by atoms with van der Waals surface area (Å²) >= 11 is 1.09. The maximum atomic E-state index is 12.5. The quantitative estimate of drug-likeness (QED) is 0.155. The molecule has 0 aliphatic carbocycles. The number of carbonyl (C=O) groups excluding carboxylic acids is 1. The lowest BCUT2D eigenvalue weighted by Crippen LogP contribution is -2.15. The molecule has 0 saturated carbocycles. The van der Waals surface area contributed by atoms with Gasteiger partial charge in [0.1, 0.15) is 0 Å². The van der Waals surface area contributed by atoms with E-state index >= 15 is 0 Å². The molecule has 0 amide bonds. The van der Waals surface area contributed by atoms with E-state index in [1.165, 1.54) is 7.11 Å². The number of ether oxygens (including phenoxy) is 1. The summed E-state index contributed by atoms with van der Waals surface area (Å²) in [5, 5.41) is 13.7. The number of benzene rings is 3. The average Bonchev–Trinajstić information content (AvgIpc) is 3.26. The largest absolute Gasteiger partial charge is 0.464 e. The van der Waals surface area contributed by atoms with Gasteiger partial charge < -0.3 is 4.74 Å². The van der Waals surface area contributed by atoms with Crippen molar-refractivity contribution in [2.45, 2.75) is 12.1 Å². The van der Waals surface area contributed by atoms with Crippen molar-refractivity contribution in [3.05, 3.63) is 90.5 Å². The number of anilines is 1. The average molecular weight is 444 g/mol. The number of nitrogens with one attached hydrogen (secondary N) is 1. The number of rotatable bonds is 5. The highest BCUT2D eigenvalue weighted by Crippen LogP contribution is 2.29. The van der Waals surface area contributed by atoms with Crippen LogP contribution in [0.25, 0.3) is 17.1 Å². The maximum absolute atomic E-state index is 12.5. The van der Waals surface area contributed by atoms with E-state index in [-0.39, 0.29) is 5.04 Å². The fourth-order valence-corrected chi connectivity index (χ4v) is 3.81. The number of carbonyl (C=O) groups is 1. The Kier molecular flexibility index (Phi) is 6.62. The van der Waals surface area contributed by atoms with Crippen LogP contribution in [0.4, 0.5) is 5.69 Å². The van der Waals surface area contributed by atoms with E-state index in [4.69, 9.17) is 4.74 Å². The Morgan fingerprint density at radius 2 is 1.59 bits per heavy atom. The van der Waals surface area contributed by atoms with Crippen LogP contribution in [0.3, 0.4) is 0 Å². The van der Waals surface area contributed by atoms with Gasteiger partial charge in [-0.05, 0) is 42.4 Å². The Morgan fingerprint density at radius 1 is 0.938 bits per heavy atom. The highest BCUT2D eigenvalue weighted by atomic mass is 32.2. The number of hydrogen-bond acceptors (Lipinski definition) is 7. The minimum atomic E-state index is -0.569. The zero-order valence-corrected chi connectivity index (χ0v) is 18.4. The first kappa shape index (κ1) is 21.3. The van der Waals surface area contributed by atoms with E-state index in [2.05, 4.69) is 20.7 Å². The molecular weight excluding hydrogens is 422 g/mol. The smallest absolute Gasteiger partial charge is 0.365 e. The van der Waals surface area contributed by atoms with Crippen molar-refractivity contribution < 1.29 is 9.53 Å². The first-order valence-corrected chi connectivity index (χ1v) is 10.7. The van der Waals surface area contributed by atoms with Gasteiger partial charge in [0.15, 0.2) is 5.82 Å². The third-order valence-corrected chi connectivity index (χ3v) is 5.55. The van der Waals surface area contributed by atoms with Gasteiger partial charge in [0, 0.05) is 11.3 Å². The monoisotopic (exact) mass is 443 g/mol. The summed E-state index contributed by atoms with van der Waals surface area (Å²) in [6.07, 6.45) is 0. The summed E-state index contributed by atoms with van der Waals surface area (Å²) in [4.78, 5) is 12.5. The standard InChI is InChI=1S/C24H21N5O2S/c1-17-11-9-10-16-20(17)25-27-22(23(30)31-2)32-24-28-26-21(18-12-5-3-6-13-18)29(24)19-14-7-4-8-15-19/h3-16,25H,1-2H3/b27-22+. The Morgan fingerprint density at radius 3 is 2.28 bits per heavy atom. The highest BCUT2D eigenvalue weighted by molar-refractivity contribution is 8.15. The van der Waals surface area contributed by atoms with E-state index in [0.717, 1.165) is 34.3 Å². The van der Waals surface area contributed by atoms with Crippen LogP contribution in [0, 0.1) is 6.92 Å². The van der Waals surface area contributed by atoms with Crippen LogP contribution in [-0.2, 0) is 9.53 Å². The summed E-state index contributed by atoms with van der Waals surface area (Å²) in [7, 11) is 1.32. The number of hydrazone groups is 1. The number of nitrogens with zero attached hydrogens (tertiary/aromatic N) is 4. The lowest BCUT2D eigenvalue weighted by molar-refractivity contribution is -0.132. The fraction of sp³-hybridized carbons (Fsp3) is 0.0833. The van der Waals surface area contributed by atoms with E-state index < -0.39 is 5.97 Å². The lowest BCUT2D eigenvalue weighted by Gasteiger charge is -2.11. The van der Waals surface area contributed by atoms with E-state index in [1.807, 2.05) is 96.4 Å². The van der Waals surface area contributed by atoms with Gasteiger partial charge in [-0.3, -0.25) is 9.99 Å². The molecule has 0 radical (unpaired) electrons. The topological polar surface area (TPSA) is 81.4 Å². The van der Waals surface area contributed by atoms with Crippen molar-refractivity contribution in [3.63, 3.8) is 0 Å². The summed E-state index contributed by atoms with van der Waals surface area (Å²) < 4.78 is 6.85. The molecule has 0 aliphatic heterocycles. The van der Waals surface area contributed by atoms with E-state index in [0.29, 0.717) is 11.0 Å². The molecule has 0 aliphatic rings. The molecule has 0 spiro atoms. The Bertz CT molecular complexity index is 1240. The van der Waals surface area contributed by atoms with Gasteiger partial charge in [-0.15, -0.1) is 10.2 Å². The SMILES string of the molecule is COC(=O)/C(=N\Nc1ccccc1C)Sc1nnc(-c2ccccc2)n1-c1ccccc1. The molecule has 0 fully saturated rings. The molecule has 3 aromatic carbocycles. The van der Waals surface area contributed by atoms with Crippen LogP contribution < -0.4 is 5.43 Å². The second kappa shape index (κ2) is 9.93. The number of esters is 1. The summed E-state index contributed by atoms with van der Waals surface area (Å²) in [6, 6.07) is 27.2. The van der Waals surface area contributed by atoms with Crippen molar-refractivity contribution in [2.24, 2.45) is 5.10 Å². The molecule has 0 atom stereocenters. The zero-order valence-electron chi connectivity index (χ0n) is 17.6. The van der Waals surface area contributed by atoms with Crippen LogP contribution in [-0.4, -0.2) is 32.9 Å². The van der Waals surface area contributed by atoms with Crippen LogP contribution in [0.2, 0.25) is 0 Å². The fourth-order valence-electron chi connectivity index (χ4n) is 3.01. The number of methoxy groups -OCH3 is 1. The van der Waals surface area contributed by atoms with Crippen LogP contribution in [0.1, 0.15) is 5.56 Å². The van der Waals surface area contributed by atoms with Gasteiger partial charge in [-0.2, -0.15) is 5.10 Å². The molecule has 1 N–H and O–H groups in total. The molecule has 32 heavy (non-hydrogen) atoms. The predicted octanol–water partition coefficient (Wildman–Crippen LogP) is 4.93. The zero-order chi connectivity index (χ0) is 22.3. The second-order valence-electron chi connectivity index (χ2n) is 6.78. The normalized spacial score (nSPS) is 11.2. The first-order valence-electron chi connectivity index (χ1n) is 9.89. The van der Waals surface area contributed by atoms with Gasteiger partial charge in [0.25, 0.3) is 0 Å². The minimum absolute atomic E-state index is 0.111. The van der Waals surface area contributed by atoms with Crippen molar-refractivity contribution in [1.29, 1.82) is 0 Å². The number of thioether (sulfide) groups is 1. The third-order valence-electron chi connectivity index (χ3n) is 4.65. The molecule has 1 heterocycles. The van der Waals surface area contributed by atoms with E-state index in [1.54, 1.807) is 0 Å². The van der Waals surface area contributed by atoms with Crippen molar-refractivity contribution in [3.8, 4) is 17.1 Å². The Balaban J connectivity index is 1.74. The number of aromatic nitrogens is 3. The highest BCUT2D eigenvalue weighted by Gasteiger charge is 2.22. The maximum Gasteiger partial charge on any atom is 0.365 e. The Labute approximate surface area is 190 Å². The van der Waals surface area contributed by atoms with Crippen molar-refractivity contribution in [1.82, 2.24) is 14.8 Å². The first-order chi connectivity index (χ1) is 15.7. The molecule has 0 saturated heterocycles. The number of hydrogen-bond donors (Lipinski definition) is 1. The van der Waals surface area contributed by atoms with Gasteiger partial charge in [0.2, 0.25) is 10.2 Å². The predicted molar refractivity (Wildman–Crippen MR) is 127 cm³/mol. The van der Waals surface area contributed by atoms with Crippen LogP contribution in [0.15, 0.2) is 95.2 Å². The summed E-state index contributed by atoms with van der Waals surface area (Å²) in [5.74, 6) is 0.0929. The second-order valence-corrected chi connectivity index (χ2v) is 7.74. The van der Waals surface area contributed by atoms with Gasteiger partial charge in [-0.1, -0.05) is 66.7 Å². The lowest BCUT2D eigenvalue weighted by atomic mass is 10.2. The summed E-state index contributed by atoms with van der Waals surface area (Å²) in [6.45, 7) is 1.96. The molecule has 4 aromatic rings. The van der Waals surface area contributed by atoms with Gasteiger partial charge in [0.05, 0.1) is 12.8 Å². The molecular formula is C24H21N5O2S. The number of para-hydroxylation sites is 2. The van der Waals surface area contributed by atoms with Gasteiger partial charge >= 0.3 is 5.97 Å². The van der Waals surface area contributed by atoms with Crippen LogP contribution >= 0.6 is 11.8 Å². The molecule has 0 unspecified atom stereocenters. The number of aryl methyl sites for hydroxylation is 1.